The molecule has 6 heteroatoms. The highest BCUT2D eigenvalue weighted by atomic mass is 16.3. The zero-order valence-electron chi connectivity index (χ0n) is 17.1. The van der Waals surface area contributed by atoms with Crippen molar-refractivity contribution in [2.45, 2.75) is 44.1 Å². The fraction of sp³-hybridized carbons (Fsp3) is 0.565. The van der Waals surface area contributed by atoms with Crippen molar-refractivity contribution in [1.29, 1.82) is 0 Å². The van der Waals surface area contributed by atoms with Crippen LogP contribution in [0.3, 0.4) is 0 Å². The van der Waals surface area contributed by atoms with Crippen LogP contribution in [0.2, 0.25) is 0 Å². The molecule has 0 spiro atoms. The monoisotopic (exact) mass is 394 g/mol. The van der Waals surface area contributed by atoms with Crippen LogP contribution < -0.4 is 10.2 Å². The van der Waals surface area contributed by atoms with Crippen LogP contribution in [-0.4, -0.2) is 46.5 Å². The van der Waals surface area contributed by atoms with Gasteiger partial charge in [-0.2, -0.15) is 5.10 Å². The molecule has 4 saturated carbocycles. The van der Waals surface area contributed by atoms with Crippen LogP contribution in [0.4, 0.5) is 5.82 Å². The SMILES string of the molecule is CN(CCO)c1c(C(=O)NC23CC4CC(CC(C4)C2)C3)cnn1-c1ccccc1. The average molecular weight is 395 g/mol. The summed E-state index contributed by atoms with van der Waals surface area (Å²) in [6.07, 6.45) is 9.10. The number of benzene rings is 1. The van der Waals surface area contributed by atoms with Crippen LogP contribution in [0.1, 0.15) is 48.9 Å². The van der Waals surface area contributed by atoms with Crippen LogP contribution >= 0.6 is 0 Å². The first-order valence-electron chi connectivity index (χ1n) is 10.8. The van der Waals surface area contributed by atoms with Gasteiger partial charge >= 0.3 is 0 Å². The predicted molar refractivity (Wildman–Crippen MR) is 112 cm³/mol. The van der Waals surface area contributed by atoms with E-state index in [0.717, 1.165) is 48.5 Å². The van der Waals surface area contributed by atoms with Gasteiger partial charge in [-0.15, -0.1) is 0 Å². The van der Waals surface area contributed by atoms with E-state index in [1.54, 1.807) is 10.9 Å². The van der Waals surface area contributed by atoms with Crippen molar-refractivity contribution in [3.05, 3.63) is 42.1 Å². The van der Waals surface area contributed by atoms with Gasteiger partial charge in [-0.1, -0.05) is 18.2 Å². The van der Waals surface area contributed by atoms with Crippen molar-refractivity contribution in [1.82, 2.24) is 15.1 Å². The van der Waals surface area contributed by atoms with Crippen LogP contribution in [0.25, 0.3) is 5.69 Å². The third-order valence-electron chi connectivity index (χ3n) is 7.20. The summed E-state index contributed by atoms with van der Waals surface area (Å²) in [7, 11) is 1.90. The molecule has 1 heterocycles. The molecule has 0 atom stereocenters. The summed E-state index contributed by atoms with van der Waals surface area (Å²) in [5, 5.41) is 17.5. The molecule has 4 aliphatic rings. The maximum atomic E-state index is 13.4. The van der Waals surface area contributed by atoms with E-state index in [1.807, 2.05) is 42.3 Å². The van der Waals surface area contributed by atoms with E-state index in [4.69, 9.17) is 0 Å². The van der Waals surface area contributed by atoms with Gasteiger partial charge in [-0.3, -0.25) is 4.79 Å². The molecule has 0 aliphatic heterocycles. The van der Waals surface area contributed by atoms with Crippen LogP contribution in [0.15, 0.2) is 36.5 Å². The standard InChI is InChI=1S/C23H30N4O2/c1-26(7-8-28)22-20(15-24-27(22)19-5-3-2-4-6-19)21(29)25-23-12-16-9-17(13-23)11-18(10-16)14-23/h2-6,15-18,28H,7-14H2,1H3,(H,25,29). The number of hydrogen-bond donors (Lipinski definition) is 2. The number of anilines is 1. The highest BCUT2D eigenvalue weighted by molar-refractivity contribution is 5.99. The van der Waals surface area contributed by atoms with Crippen LogP contribution in [0, 0.1) is 17.8 Å². The second kappa shape index (κ2) is 7.17. The molecule has 1 aromatic carbocycles. The minimum atomic E-state index is -0.0342. The lowest BCUT2D eigenvalue weighted by molar-refractivity contribution is -0.0166. The van der Waals surface area contributed by atoms with E-state index in [2.05, 4.69) is 10.4 Å². The van der Waals surface area contributed by atoms with Gasteiger partial charge in [-0.25, -0.2) is 4.68 Å². The summed E-state index contributed by atoms with van der Waals surface area (Å²) in [4.78, 5) is 15.4. The molecule has 29 heavy (non-hydrogen) atoms. The fourth-order valence-corrected chi connectivity index (χ4v) is 6.46. The molecule has 0 unspecified atom stereocenters. The molecule has 154 valence electrons. The lowest BCUT2D eigenvalue weighted by Gasteiger charge is -2.56. The second-order valence-corrected chi connectivity index (χ2v) is 9.43. The molecule has 0 radical (unpaired) electrons. The van der Waals surface area contributed by atoms with Gasteiger partial charge in [0, 0.05) is 19.1 Å². The summed E-state index contributed by atoms with van der Waals surface area (Å²) in [6, 6.07) is 9.84. The van der Waals surface area contributed by atoms with Crippen molar-refractivity contribution in [2.24, 2.45) is 17.8 Å². The Bertz CT molecular complexity index is 856. The highest BCUT2D eigenvalue weighted by Gasteiger charge is 2.51. The Balaban J connectivity index is 1.46. The minimum absolute atomic E-state index is 0.0203. The fourth-order valence-electron chi connectivity index (χ4n) is 6.46. The molecular formula is C23H30N4O2. The number of para-hydroxylation sites is 1. The molecule has 6 rings (SSSR count). The normalized spacial score (nSPS) is 29.8. The Morgan fingerprint density at radius 2 is 1.79 bits per heavy atom. The molecule has 4 fully saturated rings. The van der Waals surface area contributed by atoms with E-state index in [9.17, 15) is 9.90 Å². The Hall–Kier alpha value is -2.34. The van der Waals surface area contributed by atoms with Crippen molar-refractivity contribution >= 4 is 11.7 Å². The quantitative estimate of drug-likeness (QED) is 0.790. The predicted octanol–water partition coefficient (Wildman–Crippen LogP) is 3.00. The van der Waals surface area contributed by atoms with Crippen molar-refractivity contribution in [3.63, 3.8) is 0 Å². The average Bonchev–Trinajstić information content (AvgIpc) is 3.13. The Kier molecular flexibility index (Phi) is 4.62. The summed E-state index contributed by atoms with van der Waals surface area (Å²) in [6.45, 7) is 0.461. The van der Waals surface area contributed by atoms with E-state index in [-0.39, 0.29) is 18.1 Å². The van der Waals surface area contributed by atoms with Crippen molar-refractivity contribution in [2.75, 3.05) is 25.1 Å². The minimum Gasteiger partial charge on any atom is -0.395 e. The van der Waals surface area contributed by atoms with Gasteiger partial charge in [0.25, 0.3) is 5.91 Å². The smallest absolute Gasteiger partial charge is 0.257 e. The largest absolute Gasteiger partial charge is 0.395 e. The Morgan fingerprint density at radius 1 is 1.17 bits per heavy atom. The number of aliphatic hydroxyl groups is 1. The van der Waals surface area contributed by atoms with Gasteiger partial charge in [0.05, 0.1) is 18.5 Å². The molecule has 4 bridgehead atoms. The summed E-state index contributed by atoms with van der Waals surface area (Å²) >= 11 is 0. The van der Waals surface area contributed by atoms with Gasteiger partial charge < -0.3 is 15.3 Å². The third-order valence-corrected chi connectivity index (χ3v) is 7.20. The number of rotatable bonds is 6. The first-order valence-corrected chi connectivity index (χ1v) is 10.8. The number of carbonyl (C=O) groups excluding carboxylic acids is 1. The van der Waals surface area contributed by atoms with Crippen molar-refractivity contribution < 1.29 is 9.90 Å². The number of aliphatic hydroxyl groups excluding tert-OH is 1. The molecule has 0 saturated heterocycles. The van der Waals surface area contributed by atoms with E-state index >= 15 is 0 Å². The van der Waals surface area contributed by atoms with Crippen molar-refractivity contribution in [3.8, 4) is 5.69 Å². The van der Waals surface area contributed by atoms with Gasteiger partial charge in [0.15, 0.2) is 0 Å². The Labute approximate surface area is 171 Å². The maximum absolute atomic E-state index is 13.4. The lowest BCUT2D eigenvalue weighted by Crippen LogP contribution is -2.59. The number of likely N-dealkylation sites (N-methyl/N-ethyl adjacent to an activating group) is 1. The molecule has 2 aromatic rings. The first-order chi connectivity index (χ1) is 14.1. The summed E-state index contributed by atoms with van der Waals surface area (Å²) < 4.78 is 1.80. The Morgan fingerprint density at radius 3 is 2.38 bits per heavy atom. The maximum Gasteiger partial charge on any atom is 0.257 e. The van der Waals surface area contributed by atoms with Gasteiger partial charge in [0.1, 0.15) is 11.4 Å². The number of nitrogens with zero attached hydrogens (tertiary/aromatic N) is 3. The molecule has 1 aromatic heterocycles. The summed E-state index contributed by atoms with van der Waals surface area (Å²) in [5.41, 5.74) is 1.45. The zero-order chi connectivity index (χ0) is 20.0. The van der Waals surface area contributed by atoms with Gasteiger partial charge in [0.2, 0.25) is 0 Å². The first kappa shape index (κ1) is 18.7. The molecule has 6 nitrogen and oxygen atoms in total. The zero-order valence-corrected chi connectivity index (χ0v) is 17.1. The topological polar surface area (TPSA) is 70.4 Å². The van der Waals surface area contributed by atoms with Crippen LogP contribution in [-0.2, 0) is 0 Å². The van der Waals surface area contributed by atoms with E-state index in [1.165, 1.54) is 19.3 Å². The molecule has 1 amide bonds. The number of nitrogens with one attached hydrogen (secondary N) is 1. The summed E-state index contributed by atoms with van der Waals surface area (Å²) in [5.74, 6) is 3.04. The molecular weight excluding hydrogens is 364 g/mol. The number of amides is 1. The van der Waals surface area contributed by atoms with E-state index < -0.39 is 0 Å². The van der Waals surface area contributed by atoms with Gasteiger partial charge in [-0.05, 0) is 68.4 Å². The molecule has 2 N–H and O–H groups in total. The number of carbonyl (C=O) groups is 1. The third kappa shape index (κ3) is 3.33. The highest BCUT2D eigenvalue weighted by Crippen LogP contribution is 2.55. The molecule has 4 aliphatic carbocycles. The van der Waals surface area contributed by atoms with Crippen LogP contribution in [0.5, 0.6) is 0 Å². The second-order valence-electron chi connectivity index (χ2n) is 9.43. The lowest BCUT2D eigenvalue weighted by atomic mass is 9.53. The number of aromatic nitrogens is 2. The number of hydrogen-bond acceptors (Lipinski definition) is 4. The van der Waals surface area contributed by atoms with E-state index in [0.29, 0.717) is 12.1 Å².